The summed E-state index contributed by atoms with van der Waals surface area (Å²) in [6.45, 7) is 6.56. The molecular formula is C32H46N2O9. The van der Waals surface area contributed by atoms with Gasteiger partial charge in [0.25, 0.3) is 0 Å². The van der Waals surface area contributed by atoms with Crippen LogP contribution in [0.5, 0.6) is 11.5 Å². The molecule has 238 valence electrons. The van der Waals surface area contributed by atoms with Crippen molar-refractivity contribution in [1.29, 1.82) is 0 Å². The summed E-state index contributed by atoms with van der Waals surface area (Å²) < 4.78 is 34.7. The van der Waals surface area contributed by atoms with Crippen LogP contribution < -0.4 is 14.4 Å². The van der Waals surface area contributed by atoms with Crippen LogP contribution in [0, 0.1) is 0 Å². The van der Waals surface area contributed by atoms with Crippen molar-refractivity contribution in [3.05, 3.63) is 53.6 Å². The van der Waals surface area contributed by atoms with Crippen LogP contribution >= 0.6 is 0 Å². The maximum Gasteiger partial charge on any atom is 0.407 e. The third-order valence-electron chi connectivity index (χ3n) is 7.67. The maximum atomic E-state index is 12.1. The maximum absolute atomic E-state index is 12.1. The molecule has 1 saturated heterocycles. The van der Waals surface area contributed by atoms with Gasteiger partial charge in [-0.05, 0) is 48.7 Å². The van der Waals surface area contributed by atoms with E-state index in [-0.39, 0.29) is 32.2 Å². The second kappa shape index (κ2) is 16.7. The van der Waals surface area contributed by atoms with Crippen molar-refractivity contribution < 1.29 is 43.4 Å². The fraction of sp³-hybridized carbons (Fsp3) is 0.594. The van der Waals surface area contributed by atoms with Crippen LogP contribution in [0.15, 0.2) is 42.5 Å². The number of rotatable bonds is 16. The van der Waals surface area contributed by atoms with Gasteiger partial charge in [-0.2, -0.15) is 0 Å². The summed E-state index contributed by atoms with van der Waals surface area (Å²) >= 11 is 0. The molecule has 2 aliphatic rings. The van der Waals surface area contributed by atoms with Crippen molar-refractivity contribution in [3.63, 3.8) is 0 Å². The van der Waals surface area contributed by atoms with E-state index >= 15 is 0 Å². The number of hydrogen-bond acceptors (Lipinski definition) is 9. The summed E-state index contributed by atoms with van der Waals surface area (Å²) in [6, 6.07) is 13.8. The molecule has 4 atom stereocenters. The van der Waals surface area contributed by atoms with E-state index in [1.165, 1.54) is 4.90 Å². The van der Waals surface area contributed by atoms with Gasteiger partial charge in [0, 0.05) is 46.3 Å². The zero-order valence-electron chi connectivity index (χ0n) is 25.5. The molecule has 1 unspecified atom stereocenters. The van der Waals surface area contributed by atoms with Crippen molar-refractivity contribution in [2.24, 2.45) is 0 Å². The molecule has 2 aliphatic heterocycles. The van der Waals surface area contributed by atoms with E-state index in [4.69, 9.17) is 28.4 Å². The topological polar surface area (TPSA) is 119 Å². The number of ether oxygens (including phenoxy) is 6. The highest BCUT2D eigenvalue weighted by Gasteiger charge is 2.41. The van der Waals surface area contributed by atoms with Crippen molar-refractivity contribution >= 4 is 11.8 Å². The highest BCUT2D eigenvalue weighted by Crippen LogP contribution is 2.36. The summed E-state index contributed by atoms with van der Waals surface area (Å²) in [5.41, 5.74) is 2.95. The molecule has 0 radical (unpaired) electrons. The molecule has 0 bridgehead atoms. The van der Waals surface area contributed by atoms with Gasteiger partial charge >= 0.3 is 6.09 Å². The van der Waals surface area contributed by atoms with Gasteiger partial charge in [0.15, 0.2) is 0 Å². The molecule has 0 aliphatic carbocycles. The zero-order chi connectivity index (χ0) is 30.6. The Morgan fingerprint density at radius 2 is 1.72 bits per heavy atom. The number of anilines is 1. The van der Waals surface area contributed by atoms with E-state index in [9.17, 15) is 15.0 Å². The lowest BCUT2D eigenvalue weighted by molar-refractivity contribution is -0.101. The standard InChI is InChI=1S/C32H46N2O9/c1-23(35)21-42-29-19-34(32(36)37)20-30(31(29)25-7-9-26(10-8-25)40-16-5-15-39-3)43-22-24-6-11-28-27(18-24)33(13-17-41-28)12-4-14-38-2/h6-11,18,23,29-31,35H,4-5,12-17,19-22H2,1-3H3,(H,36,37)/t23?,29-,30+,31+/m1/s1. The average molecular weight is 603 g/mol. The molecule has 2 heterocycles. The Morgan fingerprint density at radius 3 is 2.42 bits per heavy atom. The Bertz CT molecular complexity index is 1130. The molecule has 11 heteroatoms. The second-order valence-corrected chi connectivity index (χ2v) is 11.0. The van der Waals surface area contributed by atoms with Crippen molar-refractivity contribution in [1.82, 2.24) is 4.90 Å². The van der Waals surface area contributed by atoms with Crippen LogP contribution in [-0.2, 0) is 25.6 Å². The van der Waals surface area contributed by atoms with E-state index < -0.39 is 24.4 Å². The molecule has 2 aromatic rings. The Morgan fingerprint density at radius 1 is 1.00 bits per heavy atom. The third kappa shape index (κ3) is 9.45. The van der Waals surface area contributed by atoms with Gasteiger partial charge in [0.2, 0.25) is 0 Å². The minimum atomic E-state index is -1.03. The van der Waals surface area contributed by atoms with Gasteiger partial charge in [-0.15, -0.1) is 0 Å². The Hall–Kier alpha value is -3.09. The average Bonchev–Trinajstić information content (AvgIpc) is 3.01. The highest BCUT2D eigenvalue weighted by atomic mass is 16.5. The lowest BCUT2D eigenvalue weighted by atomic mass is 9.84. The number of aliphatic hydroxyl groups excluding tert-OH is 1. The van der Waals surface area contributed by atoms with Crippen LogP contribution in [-0.4, -0.2) is 113 Å². The lowest BCUT2D eigenvalue weighted by Gasteiger charge is -2.43. The first-order valence-electron chi connectivity index (χ1n) is 15.0. The Kier molecular flexibility index (Phi) is 12.7. The fourth-order valence-corrected chi connectivity index (χ4v) is 5.56. The predicted molar refractivity (Wildman–Crippen MR) is 161 cm³/mol. The summed E-state index contributed by atoms with van der Waals surface area (Å²) in [4.78, 5) is 15.7. The number of methoxy groups -OCH3 is 2. The quantitative estimate of drug-likeness (QED) is 0.275. The summed E-state index contributed by atoms with van der Waals surface area (Å²) in [7, 11) is 3.37. The largest absolute Gasteiger partial charge is 0.494 e. The van der Waals surface area contributed by atoms with E-state index in [1.807, 2.05) is 36.4 Å². The van der Waals surface area contributed by atoms with Crippen LogP contribution in [0.2, 0.25) is 0 Å². The molecule has 0 spiro atoms. The minimum absolute atomic E-state index is 0.0891. The number of nitrogens with zero attached hydrogens (tertiary/aromatic N) is 2. The first kappa shape index (κ1) is 32.8. The molecule has 1 fully saturated rings. The van der Waals surface area contributed by atoms with Crippen LogP contribution in [0.1, 0.15) is 36.8 Å². The molecule has 43 heavy (non-hydrogen) atoms. The van der Waals surface area contributed by atoms with E-state index in [2.05, 4.69) is 11.0 Å². The van der Waals surface area contributed by atoms with Crippen molar-refractivity contribution in [3.8, 4) is 11.5 Å². The second-order valence-electron chi connectivity index (χ2n) is 11.0. The van der Waals surface area contributed by atoms with E-state index in [0.29, 0.717) is 26.4 Å². The van der Waals surface area contributed by atoms with Gasteiger partial charge in [-0.25, -0.2) is 4.79 Å². The van der Waals surface area contributed by atoms with Crippen LogP contribution in [0.3, 0.4) is 0 Å². The van der Waals surface area contributed by atoms with Gasteiger partial charge in [-0.1, -0.05) is 18.2 Å². The number of carbonyl (C=O) groups is 1. The normalized spacial score (nSPS) is 20.8. The number of carboxylic acid groups (broad SMARTS) is 1. The number of fused-ring (bicyclic) bond motifs is 1. The van der Waals surface area contributed by atoms with Gasteiger partial charge in [0.05, 0.1) is 63.5 Å². The smallest absolute Gasteiger partial charge is 0.407 e. The zero-order valence-corrected chi connectivity index (χ0v) is 25.5. The predicted octanol–water partition coefficient (Wildman–Crippen LogP) is 3.77. The Labute approximate surface area is 254 Å². The van der Waals surface area contributed by atoms with E-state index in [0.717, 1.165) is 54.2 Å². The number of likely N-dealkylation sites (tertiary alicyclic amines) is 1. The first-order valence-corrected chi connectivity index (χ1v) is 15.0. The third-order valence-corrected chi connectivity index (χ3v) is 7.67. The molecular weight excluding hydrogens is 556 g/mol. The van der Waals surface area contributed by atoms with Crippen molar-refractivity contribution in [2.75, 3.05) is 78.3 Å². The van der Waals surface area contributed by atoms with Gasteiger partial charge in [0.1, 0.15) is 18.1 Å². The van der Waals surface area contributed by atoms with Gasteiger partial charge in [-0.3, -0.25) is 0 Å². The summed E-state index contributed by atoms with van der Waals surface area (Å²) in [6.07, 6.45) is -1.01. The number of hydrogen-bond donors (Lipinski definition) is 2. The molecule has 2 N–H and O–H groups in total. The number of amides is 1. The number of benzene rings is 2. The first-order chi connectivity index (χ1) is 20.9. The van der Waals surface area contributed by atoms with Crippen molar-refractivity contribution in [2.45, 2.75) is 50.6 Å². The lowest BCUT2D eigenvalue weighted by Crippen LogP contribution is -2.54. The minimum Gasteiger partial charge on any atom is -0.494 e. The monoisotopic (exact) mass is 602 g/mol. The number of piperidine rings is 1. The summed E-state index contributed by atoms with van der Waals surface area (Å²) in [5, 5.41) is 19.9. The highest BCUT2D eigenvalue weighted by molar-refractivity contribution is 5.65. The van der Waals surface area contributed by atoms with Gasteiger partial charge < -0.3 is 48.4 Å². The molecule has 1 amide bonds. The Balaban J connectivity index is 1.53. The van der Waals surface area contributed by atoms with E-state index in [1.54, 1.807) is 21.1 Å². The molecule has 0 saturated carbocycles. The van der Waals surface area contributed by atoms with Crippen LogP contribution in [0.4, 0.5) is 10.5 Å². The number of aliphatic hydroxyl groups is 1. The fourth-order valence-electron chi connectivity index (χ4n) is 5.56. The summed E-state index contributed by atoms with van der Waals surface area (Å²) in [5.74, 6) is 1.33. The molecule has 4 rings (SSSR count). The SMILES string of the molecule is COCCCOc1ccc([C@@H]2[C@@H](OCc3ccc4c(c3)N(CCCOC)CCO4)CN(C(=O)O)C[C@H]2OCC(C)O)cc1. The molecule has 0 aromatic heterocycles. The van der Waals surface area contributed by atoms with Crippen LogP contribution in [0.25, 0.3) is 0 Å². The molecule has 2 aromatic carbocycles. The molecule has 11 nitrogen and oxygen atoms in total.